The van der Waals surface area contributed by atoms with Crippen molar-refractivity contribution in [2.45, 2.75) is 38.3 Å². The number of fused-ring (bicyclic) bond motifs is 4. The van der Waals surface area contributed by atoms with Gasteiger partial charge in [0.1, 0.15) is 11.3 Å². The van der Waals surface area contributed by atoms with Gasteiger partial charge in [-0.25, -0.2) is 4.79 Å². The normalized spacial score (nSPS) is 23.6. The molecule has 3 amide bonds. The van der Waals surface area contributed by atoms with Gasteiger partial charge in [0.25, 0.3) is 5.91 Å². The molecule has 186 valence electrons. The van der Waals surface area contributed by atoms with Gasteiger partial charge < -0.3 is 14.6 Å². The third kappa shape index (κ3) is 3.61. The highest BCUT2D eigenvalue weighted by molar-refractivity contribution is 6.08. The number of aromatic nitrogens is 1. The fraction of sp³-hybridized carbons (Fsp3) is 0.379. The summed E-state index contributed by atoms with van der Waals surface area (Å²) in [6.45, 7) is 7.34. The van der Waals surface area contributed by atoms with Gasteiger partial charge in [-0.05, 0) is 49.6 Å². The van der Waals surface area contributed by atoms with E-state index in [9.17, 15) is 9.59 Å². The highest BCUT2D eigenvalue weighted by atomic mass is 16.5. The fourth-order valence-electron chi connectivity index (χ4n) is 6.09. The lowest BCUT2D eigenvalue weighted by molar-refractivity contribution is -0.133. The van der Waals surface area contributed by atoms with Gasteiger partial charge in [-0.1, -0.05) is 42.5 Å². The van der Waals surface area contributed by atoms with Crippen LogP contribution < -0.4 is 4.74 Å². The molecule has 0 aliphatic carbocycles. The van der Waals surface area contributed by atoms with Gasteiger partial charge in [0.05, 0.1) is 12.6 Å². The van der Waals surface area contributed by atoms with Crippen molar-refractivity contribution >= 4 is 22.8 Å². The number of H-pyrrole nitrogens is 1. The van der Waals surface area contributed by atoms with Crippen LogP contribution in [0.3, 0.4) is 0 Å². The van der Waals surface area contributed by atoms with Crippen LogP contribution >= 0.6 is 0 Å². The molecule has 7 heteroatoms. The Labute approximate surface area is 211 Å². The van der Waals surface area contributed by atoms with E-state index in [0.717, 1.165) is 46.6 Å². The molecule has 6 rings (SSSR count). The number of imide groups is 1. The van der Waals surface area contributed by atoms with E-state index in [1.165, 1.54) is 4.90 Å². The second kappa shape index (κ2) is 8.82. The lowest BCUT2D eigenvalue weighted by Crippen LogP contribution is -2.53. The summed E-state index contributed by atoms with van der Waals surface area (Å²) in [5.41, 5.74) is 3.34. The van der Waals surface area contributed by atoms with E-state index >= 15 is 0 Å². The van der Waals surface area contributed by atoms with Crippen LogP contribution in [0, 0.1) is 0 Å². The molecule has 1 aromatic heterocycles. The standard InChI is InChI=1S/C29H32N4O3/c1-3-36-21-11-12-24-22(18-21)23-19-29(2)27(34)32(16-15-31-13-7-8-14-31)28(35)33(29)25(26(23)30-24)17-20-9-5-4-6-10-20/h4-12,18,25,30H,3,13-17,19H2,1-2H3/t25?,29-/m0/s1. The number of urea groups is 1. The Balaban J connectivity index is 1.42. The van der Waals surface area contributed by atoms with Crippen LogP contribution in [-0.4, -0.2) is 69.9 Å². The number of carbonyl (C=O) groups excluding carboxylic acids is 2. The minimum atomic E-state index is -0.927. The predicted octanol–water partition coefficient (Wildman–Crippen LogP) is 4.30. The number of hydrogen-bond donors (Lipinski definition) is 1. The number of benzene rings is 2. The van der Waals surface area contributed by atoms with E-state index in [0.29, 0.717) is 32.5 Å². The number of carbonyl (C=O) groups is 2. The molecule has 0 spiro atoms. The van der Waals surface area contributed by atoms with E-state index in [1.54, 1.807) is 0 Å². The molecule has 0 radical (unpaired) electrons. The molecule has 1 N–H and O–H groups in total. The van der Waals surface area contributed by atoms with Gasteiger partial charge >= 0.3 is 6.03 Å². The summed E-state index contributed by atoms with van der Waals surface area (Å²) in [6, 6.07) is 15.8. The van der Waals surface area contributed by atoms with Crippen LogP contribution in [0.1, 0.15) is 36.7 Å². The Hall–Kier alpha value is -3.58. The van der Waals surface area contributed by atoms with Gasteiger partial charge in [-0.2, -0.15) is 0 Å². The quantitative estimate of drug-likeness (QED) is 0.401. The molecule has 1 fully saturated rings. The van der Waals surface area contributed by atoms with Crippen LogP contribution in [-0.2, 0) is 17.6 Å². The van der Waals surface area contributed by atoms with Crippen LogP contribution in [0.4, 0.5) is 4.79 Å². The lowest BCUT2D eigenvalue weighted by atomic mass is 9.81. The van der Waals surface area contributed by atoms with Crippen molar-refractivity contribution in [3.8, 4) is 5.75 Å². The molecular weight excluding hydrogens is 452 g/mol. The van der Waals surface area contributed by atoms with E-state index in [-0.39, 0.29) is 18.0 Å². The van der Waals surface area contributed by atoms with E-state index in [1.807, 2.05) is 49.1 Å². The highest BCUT2D eigenvalue weighted by Crippen LogP contribution is 2.47. The zero-order valence-corrected chi connectivity index (χ0v) is 20.9. The third-order valence-corrected chi connectivity index (χ3v) is 7.87. The molecule has 0 bridgehead atoms. The SMILES string of the molecule is CCOc1ccc2[nH]c3c(c2c1)C[C@@]1(C)C(=O)N(CCN2CC=CC2)C(=O)N1C3Cc1ccccc1. The second-order valence-corrected chi connectivity index (χ2v) is 10.2. The van der Waals surface area contributed by atoms with Crippen LogP contribution in [0.25, 0.3) is 10.9 Å². The van der Waals surface area contributed by atoms with Crippen LogP contribution in [0.2, 0.25) is 0 Å². The molecule has 0 saturated carbocycles. The maximum absolute atomic E-state index is 13.9. The molecule has 3 aromatic rings. The molecular formula is C29H32N4O3. The first-order valence-corrected chi connectivity index (χ1v) is 12.8. The van der Waals surface area contributed by atoms with Crippen molar-refractivity contribution in [2.24, 2.45) is 0 Å². The number of amides is 3. The van der Waals surface area contributed by atoms with E-state index < -0.39 is 5.54 Å². The van der Waals surface area contributed by atoms with E-state index in [4.69, 9.17) is 4.74 Å². The van der Waals surface area contributed by atoms with E-state index in [2.05, 4.69) is 40.2 Å². The number of aromatic amines is 1. The van der Waals surface area contributed by atoms with Gasteiger partial charge in [-0.3, -0.25) is 14.6 Å². The van der Waals surface area contributed by atoms with Gasteiger partial charge in [0.15, 0.2) is 0 Å². The number of rotatable bonds is 7. The van der Waals surface area contributed by atoms with Crippen molar-refractivity contribution in [3.63, 3.8) is 0 Å². The van der Waals surface area contributed by atoms with Crippen LogP contribution in [0.15, 0.2) is 60.7 Å². The maximum atomic E-state index is 13.9. The van der Waals surface area contributed by atoms with Gasteiger partial charge in [-0.15, -0.1) is 0 Å². The average Bonchev–Trinajstić information content (AvgIpc) is 3.56. The van der Waals surface area contributed by atoms with Gasteiger partial charge in [0.2, 0.25) is 0 Å². The average molecular weight is 485 g/mol. The Morgan fingerprint density at radius 1 is 1.06 bits per heavy atom. The second-order valence-electron chi connectivity index (χ2n) is 10.2. The summed E-state index contributed by atoms with van der Waals surface area (Å²) in [4.78, 5) is 37.0. The molecule has 36 heavy (non-hydrogen) atoms. The topological polar surface area (TPSA) is 68.9 Å². The van der Waals surface area contributed by atoms with Crippen LogP contribution in [0.5, 0.6) is 5.75 Å². The Morgan fingerprint density at radius 3 is 2.58 bits per heavy atom. The first-order chi connectivity index (χ1) is 17.5. The summed E-state index contributed by atoms with van der Waals surface area (Å²) in [5.74, 6) is 0.715. The smallest absolute Gasteiger partial charge is 0.328 e. The fourth-order valence-corrected chi connectivity index (χ4v) is 6.09. The van der Waals surface area contributed by atoms with Crippen molar-refractivity contribution in [1.82, 2.24) is 19.7 Å². The summed E-state index contributed by atoms with van der Waals surface area (Å²) in [7, 11) is 0. The first kappa shape index (κ1) is 22.9. The maximum Gasteiger partial charge on any atom is 0.328 e. The zero-order chi connectivity index (χ0) is 24.9. The van der Waals surface area contributed by atoms with Gasteiger partial charge in [0, 0.05) is 49.2 Å². The number of ether oxygens (including phenoxy) is 1. The molecule has 3 aliphatic rings. The summed E-state index contributed by atoms with van der Waals surface area (Å²) in [5, 5.41) is 1.07. The third-order valence-electron chi connectivity index (χ3n) is 7.87. The monoisotopic (exact) mass is 484 g/mol. The molecule has 2 aromatic carbocycles. The Bertz CT molecular complexity index is 1340. The number of nitrogens with one attached hydrogen (secondary N) is 1. The highest BCUT2D eigenvalue weighted by Gasteiger charge is 2.59. The van der Waals surface area contributed by atoms with Crippen molar-refractivity contribution in [1.29, 1.82) is 0 Å². The number of hydrogen-bond acceptors (Lipinski definition) is 4. The molecule has 1 unspecified atom stereocenters. The molecule has 4 heterocycles. The molecule has 2 atom stereocenters. The summed E-state index contributed by atoms with van der Waals surface area (Å²) in [6.07, 6.45) is 5.37. The minimum Gasteiger partial charge on any atom is -0.494 e. The number of nitrogens with zero attached hydrogens (tertiary/aromatic N) is 3. The Morgan fingerprint density at radius 2 is 1.83 bits per heavy atom. The lowest BCUT2D eigenvalue weighted by Gasteiger charge is -2.42. The summed E-state index contributed by atoms with van der Waals surface area (Å²) < 4.78 is 5.78. The Kier molecular flexibility index (Phi) is 5.60. The largest absolute Gasteiger partial charge is 0.494 e. The predicted molar refractivity (Wildman–Crippen MR) is 139 cm³/mol. The van der Waals surface area contributed by atoms with Crippen molar-refractivity contribution < 1.29 is 14.3 Å². The van der Waals surface area contributed by atoms with Crippen molar-refractivity contribution in [3.05, 3.63) is 77.5 Å². The zero-order valence-electron chi connectivity index (χ0n) is 20.9. The molecule has 7 nitrogen and oxygen atoms in total. The molecule has 3 aliphatic heterocycles. The minimum absolute atomic E-state index is 0.0984. The van der Waals surface area contributed by atoms with Crippen molar-refractivity contribution in [2.75, 3.05) is 32.8 Å². The molecule has 1 saturated heterocycles. The summed E-state index contributed by atoms with van der Waals surface area (Å²) >= 11 is 0. The first-order valence-electron chi connectivity index (χ1n) is 12.8.